The molecule has 3 aromatic heterocycles. The van der Waals surface area contributed by atoms with E-state index in [-0.39, 0.29) is 60.4 Å². The number of likely N-dealkylation sites (tertiary alicyclic amines) is 1. The molecule has 35 heteroatoms. The molecule has 15 bridgehead atoms. The van der Waals surface area contributed by atoms with Crippen LogP contribution in [0.15, 0.2) is 109 Å². The molecule has 35 nitrogen and oxygen atoms in total. The van der Waals surface area contributed by atoms with Crippen molar-refractivity contribution >= 4 is 128 Å². The summed E-state index contributed by atoms with van der Waals surface area (Å²) < 4.78 is 23.0. The van der Waals surface area contributed by atoms with Crippen molar-refractivity contribution in [2.75, 3.05) is 58.9 Å². The fraction of sp³-hybridized carbons (Fsp3) is 0.545. The first kappa shape index (κ1) is 101. The number of cyclic esters (lactones) is 3. The Kier molecular flexibility index (Phi) is 32.7. The van der Waals surface area contributed by atoms with Gasteiger partial charge in [-0.2, -0.15) is 0 Å². The number of ether oxygens (including phenoxy) is 4. The first-order chi connectivity index (χ1) is 64.7. The number of aromatic nitrogens is 3. The predicted octanol–water partition coefficient (Wildman–Crippen LogP) is 8.78. The van der Waals surface area contributed by atoms with Crippen molar-refractivity contribution in [3.63, 3.8) is 0 Å². The molecular formula is C101H134N18O17. The summed E-state index contributed by atoms with van der Waals surface area (Å²) in [7, 11) is 0. The van der Waals surface area contributed by atoms with Gasteiger partial charge in [0.15, 0.2) is 0 Å². The third-order valence-electron chi connectivity index (χ3n) is 26.9. The number of benzene rings is 3. The van der Waals surface area contributed by atoms with Crippen LogP contribution in [-0.4, -0.2) is 231 Å². The van der Waals surface area contributed by atoms with Gasteiger partial charge in [-0.25, -0.2) is 36.0 Å². The fourth-order valence-corrected chi connectivity index (χ4v) is 18.3. The molecule has 6 fully saturated rings. The second-order valence-corrected chi connectivity index (χ2v) is 39.5. The molecule has 3 spiro atoms. The van der Waals surface area contributed by atoms with E-state index < -0.39 is 142 Å². The predicted molar refractivity (Wildman–Crippen MR) is 511 cm³/mol. The van der Waals surface area contributed by atoms with Gasteiger partial charge in [0.25, 0.3) is 17.7 Å². The fourth-order valence-electron chi connectivity index (χ4n) is 18.3. The van der Waals surface area contributed by atoms with Gasteiger partial charge in [0.1, 0.15) is 78.3 Å². The molecule has 0 radical (unpaired) electrons. The topological polar surface area (TPSA) is 443 Å². The number of amides is 10. The SMILES string of the molecule is CC(C)[C@@H]1NC(=O)C2(/C=C/c3ccc4ccc(nc4c3)[C@@H](C)OC(=O)[C@@H]3CCCN(N3)C(=O)[C@H](C)NC1=O)CCN(C(=O)OC(C)(C)C)CC2.CC(C)[C@@H]1NC(=O)C2(/C=C/c3ccc4ccc(nc4c3)[C@@H](C)OC(=O)[C@@H]3CCCN(N3)C(=O)[C@H](C)NC1=O)CCNCC2.CC(C)[C@@H]1NC(=O)C2(/C=C/c3ccc4ccc(nc4c3)[C@@H](C)OC(=O)[C@@H]3CCCN(N3)C(=O)[C@H](C)NC1=O)CCNCC2. The van der Waals surface area contributed by atoms with Crippen molar-refractivity contribution in [3.05, 3.63) is 143 Å². The Morgan fingerprint density at radius 2 is 0.669 bits per heavy atom. The highest BCUT2D eigenvalue weighted by molar-refractivity contribution is 5.98. The Morgan fingerprint density at radius 1 is 0.390 bits per heavy atom. The zero-order chi connectivity index (χ0) is 97.8. The zero-order valence-corrected chi connectivity index (χ0v) is 80.7. The summed E-state index contributed by atoms with van der Waals surface area (Å²) in [5.41, 5.74) is 12.2. The van der Waals surface area contributed by atoms with Gasteiger partial charge in [0.2, 0.25) is 35.4 Å². The van der Waals surface area contributed by atoms with E-state index in [2.05, 4.69) is 58.8 Å². The van der Waals surface area contributed by atoms with Crippen molar-refractivity contribution < 1.29 is 81.3 Å². The normalized spacial score (nSPS) is 27.2. The molecule has 0 unspecified atom stereocenters. The molecule has 11 N–H and O–H groups in total. The molecule has 12 heterocycles. The van der Waals surface area contributed by atoms with Crippen LogP contribution in [0.3, 0.4) is 0 Å². The number of esters is 3. The lowest BCUT2D eigenvalue weighted by molar-refractivity contribution is -0.158. The summed E-state index contributed by atoms with van der Waals surface area (Å²) in [6.07, 6.45) is 15.4. The molecule has 9 aliphatic rings. The Labute approximate surface area is 794 Å². The number of nitrogens with one attached hydrogen (secondary N) is 11. The minimum atomic E-state index is -1.05. The smallest absolute Gasteiger partial charge is 0.410 e. The van der Waals surface area contributed by atoms with Crippen LogP contribution in [-0.2, 0) is 76.5 Å². The molecule has 6 saturated heterocycles. The number of hydrogen-bond donors (Lipinski definition) is 11. The Hall–Kier alpha value is -12.2. The second kappa shape index (κ2) is 43.9. The molecule has 6 aromatic rings. The van der Waals surface area contributed by atoms with Crippen LogP contribution >= 0.6 is 0 Å². The Bertz CT molecular complexity index is 5340. The standard InChI is InChI=1S/C37H50N6O7.2C32H42N6O5/c1-22(2)30-31(44)38-23(3)32(45)43-18-8-9-28(41-43)33(46)49-24(4)27-13-12-26-11-10-25(21-29(26)39-27)14-15-37(34(47)40-30)16-19-42(20-17-37)35(48)50-36(5,6)7;2*1-19(2)27-28(39)34-20(3)29(40)38-17-5-6-25(37-38)30(41)43-21(4)24-10-9-23-8-7-22(18-26(23)35-24)11-12-32(31(42)36-27)13-15-33-16-14-32/h10-15,21-24,28,30,41H,8-9,16-20H2,1-7H3,(H,38,44)(H,40,47);2*7-12,18-21,25,27,33,37H,5-6,13-17H2,1-4H3,(H,34,39)(H,36,42)/b15-14+;2*12-11+/t23-,24+,28-,30-;2*20-,21+,25-,27-/m000/s1. The van der Waals surface area contributed by atoms with Crippen molar-refractivity contribution in [1.29, 1.82) is 0 Å². The maximum Gasteiger partial charge on any atom is 0.410 e. The largest absolute Gasteiger partial charge is 0.455 e. The van der Waals surface area contributed by atoms with Gasteiger partial charge in [0.05, 0.1) is 49.9 Å². The number of hydrazine groups is 3. The number of rotatable bonds is 3. The molecule has 12 atom stereocenters. The Balaban J connectivity index is 0.000000173. The van der Waals surface area contributed by atoms with Crippen LogP contribution in [0.4, 0.5) is 4.79 Å². The lowest BCUT2D eigenvalue weighted by atomic mass is 9.76. The lowest BCUT2D eigenvalue weighted by Gasteiger charge is -2.40. The molecule has 136 heavy (non-hydrogen) atoms. The molecule has 15 rings (SSSR count). The van der Waals surface area contributed by atoms with E-state index in [0.29, 0.717) is 145 Å². The summed E-state index contributed by atoms with van der Waals surface area (Å²) in [6, 6.07) is 21.5. The van der Waals surface area contributed by atoms with Crippen LogP contribution in [0.25, 0.3) is 50.9 Å². The van der Waals surface area contributed by atoms with Crippen molar-refractivity contribution in [1.82, 2.24) is 93.7 Å². The summed E-state index contributed by atoms with van der Waals surface area (Å²) in [4.78, 5) is 191. The van der Waals surface area contributed by atoms with Gasteiger partial charge in [0, 0.05) is 48.9 Å². The molecule has 10 amide bonds. The summed E-state index contributed by atoms with van der Waals surface area (Å²) >= 11 is 0. The Morgan fingerprint density at radius 3 is 0.949 bits per heavy atom. The maximum absolute atomic E-state index is 14.3. The maximum atomic E-state index is 14.3. The first-order valence-electron chi connectivity index (χ1n) is 48.0. The van der Waals surface area contributed by atoms with Gasteiger partial charge < -0.3 is 66.4 Å². The van der Waals surface area contributed by atoms with E-state index >= 15 is 0 Å². The highest BCUT2D eigenvalue weighted by Crippen LogP contribution is 2.39. The van der Waals surface area contributed by atoms with Crippen molar-refractivity contribution in [3.8, 4) is 0 Å². The van der Waals surface area contributed by atoms with Crippen LogP contribution in [0.2, 0.25) is 0 Å². The van der Waals surface area contributed by atoms with Gasteiger partial charge >= 0.3 is 24.0 Å². The molecule has 0 aliphatic carbocycles. The summed E-state index contributed by atoms with van der Waals surface area (Å²) in [5.74, 6) is -5.47. The number of carbonyl (C=O) groups excluding carboxylic acids is 13. The quantitative estimate of drug-likeness (QED) is 0.0582. The second-order valence-electron chi connectivity index (χ2n) is 39.5. The monoisotopic (exact) mass is 1870 g/mol. The highest BCUT2D eigenvalue weighted by atomic mass is 16.6. The van der Waals surface area contributed by atoms with E-state index in [1.807, 2.05) is 190 Å². The highest BCUT2D eigenvalue weighted by Gasteiger charge is 2.47. The van der Waals surface area contributed by atoms with E-state index in [1.54, 1.807) is 46.4 Å². The molecule has 0 saturated carbocycles. The van der Waals surface area contributed by atoms with E-state index in [9.17, 15) is 62.3 Å². The van der Waals surface area contributed by atoms with Crippen molar-refractivity contribution in [2.24, 2.45) is 34.0 Å². The van der Waals surface area contributed by atoms with Crippen LogP contribution in [0, 0.1) is 34.0 Å². The number of piperidine rings is 3. The average Bonchev–Trinajstić information content (AvgIpc) is 0.854. The number of nitrogens with zero attached hydrogens (tertiary/aromatic N) is 7. The van der Waals surface area contributed by atoms with Gasteiger partial charge in [-0.05, 0) is 236 Å². The minimum Gasteiger partial charge on any atom is -0.455 e. The van der Waals surface area contributed by atoms with E-state index in [4.69, 9.17) is 33.9 Å². The molecule has 730 valence electrons. The summed E-state index contributed by atoms with van der Waals surface area (Å²) in [5, 5.41) is 30.9. The number of pyridine rings is 3. The average molecular weight is 1870 g/mol. The lowest BCUT2D eigenvalue weighted by Crippen LogP contribution is -2.61. The first-order valence-corrected chi connectivity index (χ1v) is 48.0. The van der Waals surface area contributed by atoms with Crippen molar-refractivity contribution in [2.45, 2.75) is 259 Å². The molecule has 9 aliphatic heterocycles. The van der Waals surface area contributed by atoms with Gasteiger partial charge in [-0.3, -0.25) is 72.6 Å². The molecule has 3 aromatic carbocycles. The van der Waals surface area contributed by atoms with Crippen LogP contribution < -0.4 is 58.8 Å². The third kappa shape index (κ3) is 24.6. The van der Waals surface area contributed by atoms with Gasteiger partial charge in [-0.15, -0.1) is 0 Å². The minimum absolute atomic E-state index is 0.213. The third-order valence-corrected chi connectivity index (χ3v) is 26.9. The van der Waals surface area contributed by atoms with Crippen LogP contribution in [0.5, 0.6) is 0 Å². The van der Waals surface area contributed by atoms with Gasteiger partial charge in [-0.1, -0.05) is 133 Å². The van der Waals surface area contributed by atoms with Crippen LogP contribution in [0.1, 0.15) is 233 Å². The summed E-state index contributed by atoms with van der Waals surface area (Å²) in [6.45, 7) is 31.0. The number of hydrogen-bond acceptors (Lipinski definition) is 25. The van der Waals surface area contributed by atoms with E-state index in [0.717, 1.165) is 43.9 Å². The molecular weight excluding hydrogens is 1740 g/mol. The number of fused-ring (bicyclic) bond motifs is 12. The number of carbonyl (C=O) groups is 13. The zero-order valence-electron chi connectivity index (χ0n) is 80.7. The van der Waals surface area contributed by atoms with E-state index in [1.165, 1.54) is 15.0 Å².